The highest BCUT2D eigenvalue weighted by Crippen LogP contribution is 2.28. The third kappa shape index (κ3) is 3.49. The van der Waals surface area contributed by atoms with Gasteiger partial charge in [0.2, 0.25) is 0 Å². The summed E-state index contributed by atoms with van der Waals surface area (Å²) in [7, 11) is 0. The maximum absolute atomic E-state index is 12.5. The van der Waals surface area contributed by atoms with Gasteiger partial charge in [-0.25, -0.2) is 0 Å². The van der Waals surface area contributed by atoms with Crippen molar-refractivity contribution in [2.24, 2.45) is 5.73 Å². The van der Waals surface area contributed by atoms with Crippen LogP contribution in [-0.4, -0.2) is 16.4 Å². The second kappa shape index (κ2) is 6.85. The molecule has 3 nitrogen and oxygen atoms in total. The van der Waals surface area contributed by atoms with Crippen molar-refractivity contribution in [3.05, 3.63) is 33.4 Å². The number of halogens is 1. The molecule has 20 heavy (non-hydrogen) atoms. The normalized spacial score (nSPS) is 18.1. The minimum absolute atomic E-state index is 0.0790. The predicted octanol–water partition coefficient (Wildman–Crippen LogP) is 3.40. The number of amides is 1. The van der Waals surface area contributed by atoms with Gasteiger partial charge in [-0.05, 0) is 47.6 Å². The van der Waals surface area contributed by atoms with E-state index in [-0.39, 0.29) is 5.91 Å². The van der Waals surface area contributed by atoms with Gasteiger partial charge in [-0.2, -0.15) is 0 Å². The lowest BCUT2D eigenvalue weighted by atomic mass is 9.89. The quantitative estimate of drug-likeness (QED) is 0.463. The number of carbonyl (C=O) groups is 1. The van der Waals surface area contributed by atoms with E-state index in [4.69, 9.17) is 18.0 Å². The average molecular weight is 402 g/mol. The van der Waals surface area contributed by atoms with Gasteiger partial charge in [0.1, 0.15) is 0 Å². The number of hydrogen-bond donors (Lipinski definition) is 2. The number of nitrogens with one attached hydrogen (secondary N) is 1. The monoisotopic (exact) mass is 402 g/mol. The van der Waals surface area contributed by atoms with E-state index in [0.29, 0.717) is 10.6 Å². The maximum atomic E-state index is 12.5. The molecule has 1 fully saturated rings. The number of rotatable bonds is 3. The van der Waals surface area contributed by atoms with Gasteiger partial charge >= 0.3 is 0 Å². The Kier molecular flexibility index (Phi) is 5.37. The van der Waals surface area contributed by atoms with Crippen molar-refractivity contribution in [1.82, 2.24) is 5.32 Å². The lowest BCUT2D eigenvalue weighted by molar-refractivity contribution is 0.0916. The molecule has 0 radical (unpaired) electrons. The van der Waals surface area contributed by atoms with E-state index in [1.165, 1.54) is 12.8 Å². The number of hydrogen-bond acceptors (Lipinski definition) is 2. The van der Waals surface area contributed by atoms with Gasteiger partial charge in [-0.3, -0.25) is 4.79 Å². The van der Waals surface area contributed by atoms with Gasteiger partial charge in [0.15, 0.2) is 0 Å². The number of thiocarbonyl (C=S) groups is 1. The van der Waals surface area contributed by atoms with Crippen molar-refractivity contribution in [3.63, 3.8) is 0 Å². The predicted molar refractivity (Wildman–Crippen MR) is 93.8 cm³/mol. The summed E-state index contributed by atoms with van der Waals surface area (Å²) < 4.78 is 0.939. The van der Waals surface area contributed by atoms with Crippen LogP contribution < -0.4 is 11.1 Å². The summed E-state index contributed by atoms with van der Waals surface area (Å²) in [6, 6.07) is 7.56. The molecule has 0 aromatic heterocycles. The highest BCUT2D eigenvalue weighted by Gasteiger charge is 2.35. The molecule has 0 bridgehead atoms. The minimum Gasteiger partial charge on any atom is -0.391 e. The topological polar surface area (TPSA) is 55.1 Å². The first-order valence-electron chi connectivity index (χ1n) is 6.92. The van der Waals surface area contributed by atoms with Crippen molar-refractivity contribution < 1.29 is 4.79 Å². The van der Waals surface area contributed by atoms with Crippen LogP contribution in [0.5, 0.6) is 0 Å². The van der Waals surface area contributed by atoms with Crippen LogP contribution in [0.2, 0.25) is 0 Å². The molecule has 0 unspecified atom stereocenters. The Morgan fingerprint density at radius 1 is 1.20 bits per heavy atom. The number of nitrogens with two attached hydrogens (primary N) is 1. The summed E-state index contributed by atoms with van der Waals surface area (Å²) in [5.41, 5.74) is 6.13. The fourth-order valence-electron chi connectivity index (χ4n) is 2.70. The SMILES string of the molecule is NC(=S)C1(NC(=O)c2ccccc2I)CCCCCC1. The van der Waals surface area contributed by atoms with E-state index in [2.05, 4.69) is 27.9 Å². The molecule has 0 atom stereocenters. The van der Waals surface area contributed by atoms with Crippen molar-refractivity contribution in [3.8, 4) is 0 Å². The Hall–Kier alpha value is -0.690. The Bertz CT molecular complexity index is 510. The fraction of sp³-hybridized carbons (Fsp3) is 0.467. The molecule has 1 amide bonds. The van der Waals surface area contributed by atoms with E-state index in [1.807, 2.05) is 24.3 Å². The summed E-state index contributed by atoms with van der Waals surface area (Å²) in [5, 5.41) is 3.12. The molecule has 5 heteroatoms. The number of benzene rings is 1. The highest BCUT2D eigenvalue weighted by molar-refractivity contribution is 14.1. The zero-order valence-corrected chi connectivity index (χ0v) is 14.3. The van der Waals surface area contributed by atoms with Crippen molar-refractivity contribution >= 4 is 45.7 Å². The summed E-state index contributed by atoms with van der Waals surface area (Å²) in [4.78, 5) is 12.9. The van der Waals surface area contributed by atoms with Crippen LogP contribution in [0.1, 0.15) is 48.9 Å². The van der Waals surface area contributed by atoms with Crippen LogP contribution in [0.4, 0.5) is 0 Å². The van der Waals surface area contributed by atoms with E-state index in [9.17, 15) is 4.79 Å². The summed E-state index contributed by atoms with van der Waals surface area (Å²) in [6.07, 6.45) is 6.17. The molecule has 2 rings (SSSR count). The smallest absolute Gasteiger partial charge is 0.253 e. The van der Waals surface area contributed by atoms with Crippen LogP contribution in [0.3, 0.4) is 0 Å². The standard InChI is InChI=1S/C15H19IN2OS/c16-12-8-4-3-7-11(12)13(19)18-15(14(17)20)9-5-1-2-6-10-15/h3-4,7-8H,1-2,5-6,9-10H2,(H2,17,20)(H,18,19). The third-order valence-corrected chi connectivity index (χ3v) is 5.23. The van der Waals surface area contributed by atoms with Crippen LogP contribution in [0.25, 0.3) is 0 Å². The first-order valence-corrected chi connectivity index (χ1v) is 8.41. The van der Waals surface area contributed by atoms with Crippen LogP contribution in [0.15, 0.2) is 24.3 Å². The molecule has 0 spiro atoms. The Morgan fingerprint density at radius 3 is 2.35 bits per heavy atom. The molecule has 1 aliphatic carbocycles. The molecule has 0 heterocycles. The first-order chi connectivity index (χ1) is 9.55. The molecule has 1 aliphatic rings. The van der Waals surface area contributed by atoms with Gasteiger partial charge in [-0.1, -0.05) is 50.0 Å². The van der Waals surface area contributed by atoms with Crippen LogP contribution in [0, 0.1) is 3.57 Å². The van der Waals surface area contributed by atoms with E-state index in [0.717, 1.165) is 29.3 Å². The van der Waals surface area contributed by atoms with E-state index < -0.39 is 5.54 Å². The van der Waals surface area contributed by atoms with Crippen LogP contribution >= 0.6 is 34.8 Å². The first kappa shape index (κ1) is 15.7. The van der Waals surface area contributed by atoms with Gasteiger partial charge in [0.05, 0.1) is 16.1 Å². The van der Waals surface area contributed by atoms with E-state index in [1.54, 1.807) is 0 Å². The number of carbonyl (C=O) groups excluding carboxylic acids is 1. The molecule has 0 aliphatic heterocycles. The van der Waals surface area contributed by atoms with Crippen molar-refractivity contribution in [1.29, 1.82) is 0 Å². The van der Waals surface area contributed by atoms with Gasteiger partial charge in [-0.15, -0.1) is 0 Å². The molecule has 1 aromatic carbocycles. The zero-order valence-electron chi connectivity index (χ0n) is 11.3. The van der Waals surface area contributed by atoms with Gasteiger partial charge < -0.3 is 11.1 Å². The molecular weight excluding hydrogens is 383 g/mol. The van der Waals surface area contributed by atoms with Gasteiger partial charge in [0.25, 0.3) is 5.91 Å². The average Bonchev–Trinajstić information content (AvgIpc) is 2.65. The fourth-order valence-corrected chi connectivity index (χ4v) is 3.58. The molecule has 1 aromatic rings. The second-order valence-corrected chi connectivity index (χ2v) is 6.90. The summed E-state index contributed by atoms with van der Waals surface area (Å²) in [6.45, 7) is 0. The van der Waals surface area contributed by atoms with Gasteiger partial charge in [0, 0.05) is 3.57 Å². The molecular formula is C15H19IN2OS. The lowest BCUT2D eigenvalue weighted by Gasteiger charge is -2.33. The Balaban J connectivity index is 2.22. The molecule has 0 saturated heterocycles. The van der Waals surface area contributed by atoms with E-state index >= 15 is 0 Å². The Morgan fingerprint density at radius 2 is 1.80 bits per heavy atom. The highest BCUT2D eigenvalue weighted by atomic mass is 127. The maximum Gasteiger partial charge on any atom is 0.253 e. The lowest BCUT2D eigenvalue weighted by Crippen LogP contribution is -2.56. The molecule has 108 valence electrons. The zero-order chi connectivity index (χ0) is 14.6. The minimum atomic E-state index is -0.512. The summed E-state index contributed by atoms with van der Waals surface area (Å²) >= 11 is 7.42. The summed E-state index contributed by atoms with van der Waals surface area (Å²) in [5.74, 6) is -0.0790. The van der Waals surface area contributed by atoms with Crippen molar-refractivity contribution in [2.45, 2.75) is 44.1 Å². The third-order valence-electron chi connectivity index (χ3n) is 3.90. The molecule has 1 saturated carbocycles. The Labute approximate surface area is 138 Å². The largest absolute Gasteiger partial charge is 0.391 e. The second-order valence-electron chi connectivity index (χ2n) is 5.29. The van der Waals surface area contributed by atoms with Crippen LogP contribution in [-0.2, 0) is 0 Å². The van der Waals surface area contributed by atoms with Crippen molar-refractivity contribution in [2.75, 3.05) is 0 Å². The molecule has 3 N–H and O–H groups in total.